The Hall–Kier alpha value is -5.62. The maximum atomic E-state index is 6.56. The summed E-state index contributed by atoms with van der Waals surface area (Å²) in [6, 6.07) is 36.8. The number of nitrogens with one attached hydrogen (secondary N) is 2. The van der Waals surface area contributed by atoms with E-state index in [1.807, 2.05) is 60.7 Å². The molecule has 6 nitrogen and oxygen atoms in total. The van der Waals surface area contributed by atoms with Gasteiger partial charge < -0.3 is 33.6 Å². The largest absolute Gasteiger partial charge is 0.399 e. The van der Waals surface area contributed by atoms with E-state index in [-0.39, 0.29) is 6.04 Å². The average Bonchev–Trinajstić information content (AvgIpc) is 3.04. The third kappa shape index (κ3) is 6.88. The Bertz CT molecular complexity index is 1790. The van der Waals surface area contributed by atoms with E-state index in [9.17, 15) is 0 Å². The molecular formula is C38H38N6. The molecule has 5 aromatic carbocycles. The molecule has 0 aromatic heterocycles. The van der Waals surface area contributed by atoms with Gasteiger partial charge in [0.1, 0.15) is 0 Å². The molecule has 44 heavy (non-hydrogen) atoms. The molecule has 10 N–H and O–H groups in total. The first-order chi connectivity index (χ1) is 21.4. The molecule has 220 valence electrons. The van der Waals surface area contributed by atoms with Gasteiger partial charge in [-0.2, -0.15) is 0 Å². The van der Waals surface area contributed by atoms with Crippen LogP contribution in [-0.4, -0.2) is 6.04 Å². The van der Waals surface area contributed by atoms with Gasteiger partial charge >= 0.3 is 0 Å². The number of anilines is 7. The van der Waals surface area contributed by atoms with Crippen LogP contribution in [0.3, 0.4) is 0 Å². The fraction of sp³-hybridized carbons (Fsp3) is 0.105. The zero-order valence-electron chi connectivity index (χ0n) is 24.6. The number of rotatable bonds is 9. The number of benzene rings is 5. The third-order valence-electron chi connectivity index (χ3n) is 8.01. The maximum Gasteiger partial charge on any atom is 0.0482 e. The van der Waals surface area contributed by atoms with E-state index in [2.05, 4.69) is 77.4 Å². The quantitative estimate of drug-likeness (QED) is 0.0986. The van der Waals surface area contributed by atoms with E-state index in [1.165, 1.54) is 16.7 Å². The summed E-state index contributed by atoms with van der Waals surface area (Å²) >= 11 is 0. The van der Waals surface area contributed by atoms with Crippen LogP contribution in [0.4, 0.5) is 39.8 Å². The Morgan fingerprint density at radius 2 is 1.11 bits per heavy atom. The van der Waals surface area contributed by atoms with Crippen LogP contribution in [-0.2, 0) is 12.8 Å². The highest BCUT2D eigenvalue weighted by molar-refractivity contribution is 5.84. The van der Waals surface area contributed by atoms with E-state index in [1.54, 1.807) is 0 Å². The topological polar surface area (TPSA) is 128 Å². The molecule has 6 rings (SSSR count). The molecule has 0 saturated carbocycles. The summed E-state index contributed by atoms with van der Waals surface area (Å²) < 4.78 is 0. The van der Waals surface area contributed by atoms with Crippen molar-refractivity contribution in [2.24, 2.45) is 0 Å². The van der Waals surface area contributed by atoms with Crippen molar-refractivity contribution in [3.63, 3.8) is 0 Å². The van der Waals surface area contributed by atoms with Gasteiger partial charge in [-0.1, -0.05) is 54.6 Å². The normalized spacial score (nSPS) is 14.2. The lowest BCUT2D eigenvalue weighted by Crippen LogP contribution is -2.18. The van der Waals surface area contributed by atoms with Crippen LogP contribution >= 0.6 is 0 Å². The summed E-state index contributed by atoms with van der Waals surface area (Å²) in [4.78, 5) is 0. The van der Waals surface area contributed by atoms with Gasteiger partial charge in [-0.15, -0.1) is 0 Å². The number of hydrogen-bond acceptors (Lipinski definition) is 6. The average molecular weight is 579 g/mol. The van der Waals surface area contributed by atoms with Crippen molar-refractivity contribution < 1.29 is 0 Å². The highest BCUT2D eigenvalue weighted by atomic mass is 14.9. The molecule has 0 radical (unpaired) electrons. The second kappa shape index (κ2) is 12.7. The highest BCUT2D eigenvalue weighted by Gasteiger charge is 2.16. The van der Waals surface area contributed by atoms with Crippen molar-refractivity contribution in [3.05, 3.63) is 150 Å². The molecule has 6 heteroatoms. The minimum absolute atomic E-state index is 0.226. The zero-order chi connectivity index (χ0) is 30.5. The Kier molecular flexibility index (Phi) is 8.23. The van der Waals surface area contributed by atoms with Gasteiger partial charge in [0, 0.05) is 51.4 Å². The SMILES string of the molecule is Nc1ccc(Nc2ccc(Cc3ccc(-c4c(N)ccc(N)c4CC4=CCC(Nc5ccc(N)cc5)C=C4)cc3)cc2)cc1. The molecule has 0 amide bonds. The summed E-state index contributed by atoms with van der Waals surface area (Å²) in [7, 11) is 0. The fourth-order valence-electron chi connectivity index (χ4n) is 5.58. The minimum Gasteiger partial charge on any atom is -0.399 e. The summed E-state index contributed by atoms with van der Waals surface area (Å²) in [6.45, 7) is 0. The fourth-order valence-corrected chi connectivity index (χ4v) is 5.58. The second-order valence-corrected chi connectivity index (χ2v) is 11.3. The predicted molar refractivity (Wildman–Crippen MR) is 188 cm³/mol. The Morgan fingerprint density at radius 1 is 0.568 bits per heavy atom. The van der Waals surface area contributed by atoms with Crippen molar-refractivity contribution in [1.29, 1.82) is 0 Å². The molecule has 1 aliphatic carbocycles. The summed E-state index contributed by atoms with van der Waals surface area (Å²) in [5.74, 6) is 0. The molecule has 0 spiro atoms. The lowest BCUT2D eigenvalue weighted by atomic mass is 9.89. The second-order valence-electron chi connectivity index (χ2n) is 11.3. The molecule has 0 aliphatic heterocycles. The van der Waals surface area contributed by atoms with Crippen LogP contribution in [0, 0.1) is 0 Å². The van der Waals surface area contributed by atoms with Crippen LogP contribution in [0.1, 0.15) is 23.1 Å². The molecule has 1 aliphatic rings. The monoisotopic (exact) mass is 578 g/mol. The van der Waals surface area contributed by atoms with Crippen molar-refractivity contribution >= 4 is 39.8 Å². The van der Waals surface area contributed by atoms with Gasteiger partial charge in [-0.3, -0.25) is 0 Å². The van der Waals surface area contributed by atoms with Crippen LogP contribution in [0.25, 0.3) is 11.1 Å². The molecule has 0 bridgehead atoms. The first kappa shape index (κ1) is 28.5. The standard InChI is InChI=1S/C38H38N6/c39-29-9-17-33(18-10-29)43-31-13-3-26(4-14-31)23-25-1-7-28(8-2-25)38-35(36(41)21-22-37(38)42)24-27-5-15-32(16-6-27)44-34-19-11-30(40)12-20-34/h1-15,17-22,32,43-44H,16,23-24,39-42H2. The first-order valence-corrected chi connectivity index (χ1v) is 14.9. The Morgan fingerprint density at radius 3 is 1.70 bits per heavy atom. The lowest BCUT2D eigenvalue weighted by molar-refractivity contribution is 0.867. The molecular weight excluding hydrogens is 540 g/mol. The van der Waals surface area contributed by atoms with Crippen molar-refractivity contribution in [2.45, 2.75) is 25.3 Å². The first-order valence-electron chi connectivity index (χ1n) is 14.9. The Labute approximate surface area is 259 Å². The van der Waals surface area contributed by atoms with Crippen LogP contribution in [0.5, 0.6) is 0 Å². The van der Waals surface area contributed by atoms with E-state index in [4.69, 9.17) is 22.9 Å². The van der Waals surface area contributed by atoms with E-state index in [0.29, 0.717) is 0 Å². The third-order valence-corrected chi connectivity index (χ3v) is 8.01. The number of nitrogen functional groups attached to an aromatic ring is 4. The number of hydrogen-bond donors (Lipinski definition) is 6. The van der Waals surface area contributed by atoms with Crippen LogP contribution < -0.4 is 33.6 Å². The van der Waals surface area contributed by atoms with Crippen molar-refractivity contribution in [3.8, 4) is 11.1 Å². The lowest BCUT2D eigenvalue weighted by Gasteiger charge is -2.21. The molecule has 5 aromatic rings. The van der Waals surface area contributed by atoms with Gasteiger partial charge in [0.2, 0.25) is 0 Å². The number of nitrogens with two attached hydrogens (primary N) is 4. The zero-order valence-corrected chi connectivity index (χ0v) is 24.6. The maximum absolute atomic E-state index is 6.56. The molecule has 0 fully saturated rings. The highest BCUT2D eigenvalue weighted by Crippen LogP contribution is 2.36. The smallest absolute Gasteiger partial charge is 0.0482 e. The predicted octanol–water partition coefficient (Wildman–Crippen LogP) is 7.93. The summed E-state index contributed by atoms with van der Waals surface area (Å²) in [6.07, 6.45) is 9.12. The Balaban J connectivity index is 1.12. The summed E-state index contributed by atoms with van der Waals surface area (Å²) in [5.41, 5.74) is 37.6. The van der Waals surface area contributed by atoms with Gasteiger partial charge in [-0.25, -0.2) is 0 Å². The van der Waals surface area contributed by atoms with Gasteiger partial charge in [0.25, 0.3) is 0 Å². The van der Waals surface area contributed by atoms with Crippen molar-refractivity contribution in [1.82, 2.24) is 0 Å². The van der Waals surface area contributed by atoms with Gasteiger partial charge in [-0.05, 0) is 120 Å². The van der Waals surface area contributed by atoms with Gasteiger partial charge in [0.05, 0.1) is 0 Å². The van der Waals surface area contributed by atoms with E-state index >= 15 is 0 Å². The minimum atomic E-state index is 0.226. The number of allylic oxidation sites excluding steroid dienone is 2. The molecule has 0 heterocycles. The van der Waals surface area contributed by atoms with Gasteiger partial charge in [0.15, 0.2) is 0 Å². The molecule has 0 saturated heterocycles. The summed E-state index contributed by atoms with van der Waals surface area (Å²) in [5, 5.41) is 6.96. The van der Waals surface area contributed by atoms with E-state index in [0.717, 1.165) is 75.8 Å². The molecule has 1 unspecified atom stereocenters. The van der Waals surface area contributed by atoms with Crippen LogP contribution in [0.2, 0.25) is 0 Å². The van der Waals surface area contributed by atoms with E-state index < -0.39 is 0 Å². The molecule has 1 atom stereocenters. The van der Waals surface area contributed by atoms with Crippen molar-refractivity contribution in [2.75, 3.05) is 33.6 Å². The van der Waals surface area contributed by atoms with Crippen LogP contribution in [0.15, 0.2) is 133 Å².